The normalized spacial score (nSPS) is 12.8. The van der Waals surface area contributed by atoms with Crippen molar-refractivity contribution in [2.45, 2.75) is 63.9 Å². The van der Waals surface area contributed by atoms with E-state index in [9.17, 15) is 9.90 Å². The minimum Gasteiger partial charge on any atom is -0.467 e. The zero-order valence-corrected chi connectivity index (χ0v) is 12.0. The van der Waals surface area contributed by atoms with Crippen LogP contribution in [0.25, 0.3) is 0 Å². The molecular weight excluding hydrogens is 244 g/mol. The van der Waals surface area contributed by atoms with Crippen molar-refractivity contribution in [3.8, 4) is 0 Å². The molecule has 0 saturated carbocycles. The van der Waals surface area contributed by atoms with Crippen LogP contribution in [0.4, 0.5) is 0 Å². The van der Waals surface area contributed by atoms with Gasteiger partial charge in [-0.25, -0.2) is 4.79 Å². The summed E-state index contributed by atoms with van der Waals surface area (Å²) in [6.07, 6.45) is 12.3. The third-order valence-electron chi connectivity index (χ3n) is 3.04. The van der Waals surface area contributed by atoms with Gasteiger partial charge in [0.05, 0.1) is 7.11 Å². The minimum atomic E-state index is -1.13. The summed E-state index contributed by atoms with van der Waals surface area (Å²) in [5, 5.41) is 17.9. The topological polar surface area (TPSA) is 66.8 Å². The van der Waals surface area contributed by atoms with Gasteiger partial charge in [0.25, 0.3) is 0 Å². The van der Waals surface area contributed by atoms with Gasteiger partial charge in [0, 0.05) is 6.61 Å². The molecule has 2 N–H and O–H groups in total. The number of methoxy groups -OCH3 is 1. The fraction of sp³-hybridized carbons (Fsp3) is 0.800. The van der Waals surface area contributed by atoms with Gasteiger partial charge in [0.2, 0.25) is 0 Å². The molecule has 0 rings (SSSR count). The molecule has 112 valence electrons. The first-order chi connectivity index (χ1) is 9.22. The molecule has 0 aromatic heterocycles. The highest BCUT2D eigenvalue weighted by Crippen LogP contribution is 2.09. The molecule has 1 atom stereocenters. The molecule has 0 radical (unpaired) electrons. The molecule has 0 aliphatic carbocycles. The van der Waals surface area contributed by atoms with Crippen LogP contribution in [-0.2, 0) is 9.53 Å². The van der Waals surface area contributed by atoms with Crippen LogP contribution in [0.1, 0.15) is 57.8 Å². The Morgan fingerprint density at radius 1 is 1.05 bits per heavy atom. The van der Waals surface area contributed by atoms with E-state index in [-0.39, 0.29) is 0 Å². The summed E-state index contributed by atoms with van der Waals surface area (Å²) >= 11 is 0. The maximum atomic E-state index is 10.9. The zero-order valence-electron chi connectivity index (χ0n) is 12.0. The smallest absolute Gasteiger partial charge is 0.338 e. The lowest BCUT2D eigenvalue weighted by molar-refractivity contribution is -0.147. The van der Waals surface area contributed by atoms with Gasteiger partial charge in [0.1, 0.15) is 0 Å². The Labute approximate surface area is 116 Å². The van der Waals surface area contributed by atoms with Crippen molar-refractivity contribution in [1.82, 2.24) is 0 Å². The van der Waals surface area contributed by atoms with E-state index in [1.165, 1.54) is 45.3 Å². The lowest BCUT2D eigenvalue weighted by Gasteiger charge is -2.02. The van der Waals surface area contributed by atoms with E-state index < -0.39 is 12.1 Å². The van der Waals surface area contributed by atoms with Crippen LogP contribution in [0.3, 0.4) is 0 Å². The number of hydrogen-bond acceptors (Lipinski definition) is 4. The second-order valence-corrected chi connectivity index (χ2v) is 4.74. The Bertz CT molecular complexity index is 238. The number of esters is 1. The third-order valence-corrected chi connectivity index (χ3v) is 3.04. The van der Waals surface area contributed by atoms with E-state index in [1.54, 1.807) is 0 Å². The third kappa shape index (κ3) is 11.9. The number of carbonyl (C=O) groups excluding carboxylic acids is 1. The number of hydrogen-bond donors (Lipinski definition) is 2. The zero-order chi connectivity index (χ0) is 14.3. The highest BCUT2D eigenvalue weighted by molar-refractivity contribution is 5.76. The second kappa shape index (κ2) is 13.6. The van der Waals surface area contributed by atoms with Gasteiger partial charge in [0.15, 0.2) is 6.10 Å². The molecule has 1 unspecified atom stereocenters. The standard InChI is InChI=1S/C15H28O4/c1-19-15(18)14(17)12-10-8-6-4-2-3-5-7-9-11-13-16/h10,12,14,16-17H,2-9,11,13H2,1H3. The average Bonchev–Trinajstić information content (AvgIpc) is 2.43. The lowest BCUT2D eigenvalue weighted by Crippen LogP contribution is -2.18. The molecule has 0 spiro atoms. The molecule has 4 heteroatoms. The summed E-state index contributed by atoms with van der Waals surface area (Å²) in [6, 6.07) is 0. The van der Waals surface area contributed by atoms with Gasteiger partial charge in [-0.2, -0.15) is 0 Å². The van der Waals surface area contributed by atoms with E-state index in [0.29, 0.717) is 6.61 Å². The van der Waals surface area contributed by atoms with Gasteiger partial charge in [-0.3, -0.25) is 0 Å². The summed E-state index contributed by atoms with van der Waals surface area (Å²) < 4.78 is 4.41. The number of unbranched alkanes of at least 4 members (excludes halogenated alkanes) is 8. The van der Waals surface area contributed by atoms with Crippen molar-refractivity contribution >= 4 is 5.97 Å². The molecular formula is C15H28O4. The van der Waals surface area contributed by atoms with Crippen molar-refractivity contribution in [3.05, 3.63) is 12.2 Å². The number of carbonyl (C=O) groups is 1. The van der Waals surface area contributed by atoms with Crippen molar-refractivity contribution in [1.29, 1.82) is 0 Å². The van der Waals surface area contributed by atoms with E-state index >= 15 is 0 Å². The molecule has 0 aliphatic rings. The van der Waals surface area contributed by atoms with Crippen molar-refractivity contribution in [2.75, 3.05) is 13.7 Å². The highest BCUT2D eigenvalue weighted by Gasteiger charge is 2.09. The van der Waals surface area contributed by atoms with Crippen molar-refractivity contribution in [2.24, 2.45) is 0 Å². The number of ether oxygens (including phenoxy) is 1. The van der Waals surface area contributed by atoms with Gasteiger partial charge in [-0.05, 0) is 25.3 Å². The van der Waals surface area contributed by atoms with Gasteiger partial charge in [-0.1, -0.05) is 44.6 Å². The quantitative estimate of drug-likeness (QED) is 0.325. The SMILES string of the molecule is COC(=O)C(O)C=CCCCCCCCCCCO. The van der Waals surface area contributed by atoms with Crippen LogP contribution >= 0.6 is 0 Å². The van der Waals surface area contributed by atoms with Crippen molar-refractivity contribution < 1.29 is 19.7 Å². The average molecular weight is 272 g/mol. The van der Waals surface area contributed by atoms with E-state index in [1.807, 2.05) is 6.08 Å². The second-order valence-electron chi connectivity index (χ2n) is 4.74. The first kappa shape index (κ1) is 18.1. The number of aliphatic hydroxyl groups is 2. The number of rotatable bonds is 12. The largest absolute Gasteiger partial charge is 0.467 e. The highest BCUT2D eigenvalue weighted by atomic mass is 16.5. The molecule has 0 aromatic carbocycles. The molecule has 0 aliphatic heterocycles. The molecule has 0 saturated heterocycles. The molecule has 0 aromatic rings. The van der Waals surface area contributed by atoms with Crippen LogP contribution in [-0.4, -0.2) is 36.0 Å². The molecule has 0 heterocycles. The maximum absolute atomic E-state index is 10.9. The fourth-order valence-corrected chi connectivity index (χ4v) is 1.86. The lowest BCUT2D eigenvalue weighted by atomic mass is 10.1. The Kier molecular flexibility index (Phi) is 12.9. The van der Waals surface area contributed by atoms with Gasteiger partial charge >= 0.3 is 5.97 Å². The predicted molar refractivity (Wildman–Crippen MR) is 75.8 cm³/mol. The summed E-state index contributed by atoms with van der Waals surface area (Å²) in [4.78, 5) is 10.9. The molecule has 0 bridgehead atoms. The summed E-state index contributed by atoms with van der Waals surface area (Å²) in [5.41, 5.74) is 0. The Balaban J connectivity index is 3.26. The fourth-order valence-electron chi connectivity index (χ4n) is 1.86. The Morgan fingerprint density at radius 3 is 2.11 bits per heavy atom. The Hall–Kier alpha value is -0.870. The summed E-state index contributed by atoms with van der Waals surface area (Å²) in [6.45, 7) is 0.309. The van der Waals surface area contributed by atoms with Crippen LogP contribution in [0.15, 0.2) is 12.2 Å². The van der Waals surface area contributed by atoms with Crippen LogP contribution in [0.2, 0.25) is 0 Å². The van der Waals surface area contributed by atoms with Crippen LogP contribution < -0.4 is 0 Å². The number of aliphatic hydroxyl groups excluding tert-OH is 2. The van der Waals surface area contributed by atoms with Gasteiger partial charge < -0.3 is 14.9 Å². The van der Waals surface area contributed by atoms with E-state index in [0.717, 1.165) is 25.7 Å². The first-order valence-electron chi connectivity index (χ1n) is 7.25. The molecule has 4 nitrogen and oxygen atoms in total. The van der Waals surface area contributed by atoms with Crippen LogP contribution in [0, 0.1) is 0 Å². The van der Waals surface area contributed by atoms with E-state index in [2.05, 4.69) is 4.74 Å². The maximum Gasteiger partial charge on any atom is 0.338 e. The minimum absolute atomic E-state index is 0.309. The first-order valence-corrected chi connectivity index (χ1v) is 7.25. The summed E-state index contributed by atoms with van der Waals surface area (Å²) in [5.74, 6) is -0.612. The molecule has 0 amide bonds. The Morgan fingerprint density at radius 2 is 1.58 bits per heavy atom. The van der Waals surface area contributed by atoms with E-state index in [4.69, 9.17) is 5.11 Å². The van der Waals surface area contributed by atoms with Gasteiger partial charge in [-0.15, -0.1) is 0 Å². The number of allylic oxidation sites excluding steroid dienone is 1. The molecule has 0 fully saturated rings. The summed E-state index contributed by atoms with van der Waals surface area (Å²) in [7, 11) is 1.26. The monoisotopic (exact) mass is 272 g/mol. The van der Waals surface area contributed by atoms with Crippen LogP contribution in [0.5, 0.6) is 0 Å². The predicted octanol–water partition coefficient (Wildman–Crippen LogP) is 2.58. The van der Waals surface area contributed by atoms with Crippen molar-refractivity contribution in [3.63, 3.8) is 0 Å². The molecule has 19 heavy (non-hydrogen) atoms.